The van der Waals surface area contributed by atoms with Crippen molar-refractivity contribution in [1.82, 2.24) is 5.32 Å². The molecule has 2 N–H and O–H groups in total. The Morgan fingerprint density at radius 2 is 2.38 bits per heavy atom. The molecule has 0 saturated heterocycles. The van der Waals surface area contributed by atoms with Gasteiger partial charge in [0, 0.05) is 6.54 Å². The Morgan fingerprint density at radius 1 is 1.88 bits per heavy atom. The van der Waals surface area contributed by atoms with E-state index in [1.54, 1.807) is 14.0 Å². The molecule has 0 radical (unpaired) electrons. The lowest BCUT2D eigenvalue weighted by Crippen LogP contribution is -2.22. The first-order valence-electron chi connectivity index (χ1n) is 2.56. The van der Waals surface area contributed by atoms with Gasteiger partial charge in [-0.25, -0.2) is 0 Å². The summed E-state index contributed by atoms with van der Waals surface area (Å²) in [5.41, 5.74) is 0. The lowest BCUT2D eigenvalue weighted by Gasteiger charge is -2.01. The smallest absolute Gasteiger partial charge is 0.307 e. The van der Waals surface area contributed by atoms with E-state index in [2.05, 4.69) is 5.32 Å². The third kappa shape index (κ3) is 2.58. The number of rotatable bonds is 3. The highest BCUT2D eigenvalue weighted by molar-refractivity contribution is 5.69. The molecular weight excluding hydrogens is 106 g/mol. The molecule has 0 fully saturated rings. The molecule has 0 aliphatic carbocycles. The van der Waals surface area contributed by atoms with Gasteiger partial charge in [-0.15, -0.1) is 0 Å². The van der Waals surface area contributed by atoms with E-state index < -0.39 is 5.97 Å². The van der Waals surface area contributed by atoms with E-state index in [1.165, 1.54) is 0 Å². The molecule has 0 aliphatic heterocycles. The molecule has 48 valence electrons. The third-order valence-electron chi connectivity index (χ3n) is 0.932. The molecule has 3 heteroatoms. The Morgan fingerprint density at radius 3 is 2.50 bits per heavy atom. The van der Waals surface area contributed by atoms with Gasteiger partial charge in [-0.1, -0.05) is 6.92 Å². The number of nitrogens with one attached hydrogen (secondary N) is 1. The van der Waals surface area contributed by atoms with Gasteiger partial charge in [0.15, 0.2) is 0 Å². The van der Waals surface area contributed by atoms with Crippen LogP contribution < -0.4 is 5.32 Å². The summed E-state index contributed by atoms with van der Waals surface area (Å²) >= 11 is 0. The predicted molar refractivity (Wildman–Crippen MR) is 30.7 cm³/mol. The largest absolute Gasteiger partial charge is 0.481 e. The molecule has 0 rings (SSSR count). The first-order chi connectivity index (χ1) is 3.68. The van der Waals surface area contributed by atoms with Crippen molar-refractivity contribution in [2.45, 2.75) is 6.92 Å². The van der Waals surface area contributed by atoms with Crippen molar-refractivity contribution in [3.8, 4) is 0 Å². The van der Waals surface area contributed by atoms with E-state index in [4.69, 9.17) is 5.11 Å². The SMILES string of the molecule is CNC[C@@H](C)C(=O)O. The second kappa shape index (κ2) is 3.43. The summed E-state index contributed by atoms with van der Waals surface area (Å²) in [5, 5.41) is 11.0. The maximum atomic E-state index is 10.0. The van der Waals surface area contributed by atoms with Crippen LogP contribution in [0.15, 0.2) is 0 Å². The van der Waals surface area contributed by atoms with Gasteiger partial charge in [-0.2, -0.15) is 0 Å². The van der Waals surface area contributed by atoms with Gasteiger partial charge in [0.1, 0.15) is 0 Å². The van der Waals surface area contributed by atoms with Crippen LogP contribution in [-0.2, 0) is 4.79 Å². The van der Waals surface area contributed by atoms with Gasteiger partial charge in [0.2, 0.25) is 0 Å². The van der Waals surface area contributed by atoms with Crippen molar-refractivity contribution in [2.75, 3.05) is 13.6 Å². The molecule has 0 aliphatic rings. The molecule has 8 heavy (non-hydrogen) atoms. The summed E-state index contributed by atoms with van der Waals surface area (Å²) in [7, 11) is 1.74. The van der Waals surface area contributed by atoms with Crippen molar-refractivity contribution in [3.05, 3.63) is 0 Å². The zero-order valence-corrected chi connectivity index (χ0v) is 5.14. The highest BCUT2D eigenvalue weighted by Gasteiger charge is 2.07. The van der Waals surface area contributed by atoms with Gasteiger partial charge in [0.25, 0.3) is 0 Å². The van der Waals surface area contributed by atoms with Crippen LogP contribution in [0.5, 0.6) is 0 Å². The minimum Gasteiger partial charge on any atom is -0.481 e. The van der Waals surface area contributed by atoms with Crippen LogP contribution in [0.25, 0.3) is 0 Å². The van der Waals surface area contributed by atoms with Crippen LogP contribution in [0, 0.1) is 5.92 Å². The van der Waals surface area contributed by atoms with E-state index in [-0.39, 0.29) is 5.92 Å². The fourth-order valence-corrected chi connectivity index (χ4v) is 0.393. The third-order valence-corrected chi connectivity index (χ3v) is 0.932. The molecule has 3 nitrogen and oxygen atoms in total. The number of carbonyl (C=O) groups is 1. The molecule has 0 aromatic carbocycles. The number of carboxylic acids is 1. The van der Waals surface area contributed by atoms with Crippen LogP contribution >= 0.6 is 0 Å². The van der Waals surface area contributed by atoms with E-state index in [0.717, 1.165) is 0 Å². The summed E-state index contributed by atoms with van der Waals surface area (Å²) < 4.78 is 0. The molecule has 0 saturated carbocycles. The second-order valence-corrected chi connectivity index (χ2v) is 1.80. The topological polar surface area (TPSA) is 49.3 Å². The van der Waals surface area contributed by atoms with Crippen molar-refractivity contribution < 1.29 is 9.90 Å². The van der Waals surface area contributed by atoms with Crippen LogP contribution in [0.1, 0.15) is 6.92 Å². The Labute approximate surface area is 48.7 Å². The minimum atomic E-state index is -0.751. The molecule has 0 amide bonds. The Balaban J connectivity index is 3.32. The first kappa shape index (κ1) is 7.43. The van der Waals surface area contributed by atoms with Crippen molar-refractivity contribution >= 4 is 5.97 Å². The maximum Gasteiger partial charge on any atom is 0.307 e. The number of carboxylic acid groups (broad SMARTS) is 1. The van der Waals surface area contributed by atoms with Gasteiger partial charge in [0.05, 0.1) is 5.92 Å². The fourth-order valence-electron chi connectivity index (χ4n) is 0.393. The molecule has 0 bridgehead atoms. The number of hydrogen-bond donors (Lipinski definition) is 2. The molecule has 0 spiro atoms. The normalized spacial score (nSPS) is 13.2. The quantitative estimate of drug-likeness (QED) is 0.544. The summed E-state index contributed by atoms with van der Waals surface area (Å²) in [6, 6.07) is 0. The molecule has 0 unspecified atom stereocenters. The highest BCUT2D eigenvalue weighted by atomic mass is 16.4. The van der Waals surface area contributed by atoms with Crippen LogP contribution in [-0.4, -0.2) is 24.7 Å². The van der Waals surface area contributed by atoms with Crippen LogP contribution in [0.3, 0.4) is 0 Å². The highest BCUT2D eigenvalue weighted by Crippen LogP contribution is 1.89. The maximum absolute atomic E-state index is 10.0. The van der Waals surface area contributed by atoms with Gasteiger partial charge in [-0.05, 0) is 7.05 Å². The van der Waals surface area contributed by atoms with Crippen molar-refractivity contribution in [2.24, 2.45) is 5.92 Å². The molecule has 0 heterocycles. The monoisotopic (exact) mass is 117 g/mol. The number of aliphatic carboxylic acids is 1. The van der Waals surface area contributed by atoms with E-state index >= 15 is 0 Å². The molecular formula is C5H11NO2. The van der Waals surface area contributed by atoms with Crippen LogP contribution in [0.4, 0.5) is 0 Å². The Hall–Kier alpha value is -0.570. The lowest BCUT2D eigenvalue weighted by atomic mass is 10.2. The Bertz CT molecular complexity index is 82.5. The zero-order chi connectivity index (χ0) is 6.57. The van der Waals surface area contributed by atoms with E-state index in [9.17, 15) is 4.79 Å². The van der Waals surface area contributed by atoms with E-state index in [1.807, 2.05) is 0 Å². The summed E-state index contributed by atoms with van der Waals surface area (Å²) in [6.07, 6.45) is 0. The van der Waals surface area contributed by atoms with Gasteiger partial charge in [-0.3, -0.25) is 4.79 Å². The summed E-state index contributed by atoms with van der Waals surface area (Å²) in [6.45, 7) is 2.20. The zero-order valence-electron chi connectivity index (χ0n) is 5.14. The van der Waals surface area contributed by atoms with Gasteiger partial charge < -0.3 is 10.4 Å². The predicted octanol–water partition coefficient (Wildman–Crippen LogP) is -0.0735. The summed E-state index contributed by atoms with van der Waals surface area (Å²) in [5.74, 6) is -1.03. The Kier molecular flexibility index (Phi) is 3.19. The fraction of sp³-hybridized carbons (Fsp3) is 0.800. The van der Waals surface area contributed by atoms with Crippen molar-refractivity contribution in [3.63, 3.8) is 0 Å². The molecule has 1 atom stereocenters. The average molecular weight is 117 g/mol. The molecule has 0 aromatic heterocycles. The van der Waals surface area contributed by atoms with E-state index in [0.29, 0.717) is 6.54 Å². The molecule has 0 aromatic rings. The van der Waals surface area contributed by atoms with Gasteiger partial charge >= 0.3 is 5.97 Å². The minimum absolute atomic E-state index is 0.278. The van der Waals surface area contributed by atoms with Crippen molar-refractivity contribution in [1.29, 1.82) is 0 Å². The van der Waals surface area contributed by atoms with Crippen LogP contribution in [0.2, 0.25) is 0 Å². The standard InChI is InChI=1S/C5H11NO2/c1-4(3-6-2)5(7)8/h4,6H,3H2,1-2H3,(H,7,8)/t4-/m1/s1. The first-order valence-corrected chi connectivity index (χ1v) is 2.56. The summed E-state index contributed by atoms with van der Waals surface area (Å²) in [4.78, 5) is 10.0. The average Bonchev–Trinajstić information content (AvgIpc) is 1.67. The lowest BCUT2D eigenvalue weighted by molar-refractivity contribution is -0.140. The second-order valence-electron chi connectivity index (χ2n) is 1.80. The number of hydrogen-bond acceptors (Lipinski definition) is 2.